The van der Waals surface area contributed by atoms with Crippen molar-refractivity contribution in [2.75, 3.05) is 45.8 Å². The van der Waals surface area contributed by atoms with Gasteiger partial charge in [-0.2, -0.15) is 0 Å². The Morgan fingerprint density at radius 3 is 2.50 bits per heavy atom. The summed E-state index contributed by atoms with van der Waals surface area (Å²) in [4.78, 5) is 25.5. The third-order valence-corrected chi connectivity index (χ3v) is 4.58. The normalized spacial score (nSPS) is 19.5. The zero-order chi connectivity index (χ0) is 18.9. The molecule has 0 aromatic heterocycles. The number of hydrogen-bond donors (Lipinski definition) is 2. The van der Waals surface area contributed by atoms with Gasteiger partial charge in [-0.25, -0.2) is 0 Å². The van der Waals surface area contributed by atoms with Gasteiger partial charge in [-0.3, -0.25) is 9.59 Å². The molecule has 1 aromatic carbocycles. The van der Waals surface area contributed by atoms with E-state index < -0.39 is 0 Å². The van der Waals surface area contributed by atoms with Crippen molar-refractivity contribution in [3.05, 3.63) is 18.2 Å². The monoisotopic (exact) mass is 365 g/mol. The van der Waals surface area contributed by atoms with Crippen molar-refractivity contribution in [1.82, 2.24) is 0 Å². The van der Waals surface area contributed by atoms with Gasteiger partial charge in [0.1, 0.15) is 17.4 Å². The number of carbonyl (C=O) groups is 2. The van der Waals surface area contributed by atoms with Crippen LogP contribution in [0.2, 0.25) is 0 Å². The van der Waals surface area contributed by atoms with Crippen LogP contribution in [0.15, 0.2) is 18.2 Å². The molecule has 26 heavy (non-hydrogen) atoms. The van der Waals surface area contributed by atoms with Crippen molar-refractivity contribution in [2.24, 2.45) is 5.92 Å². The predicted octanol–water partition coefficient (Wildman–Crippen LogP) is 0.890. The molecule has 2 N–H and O–H groups in total. The molecule has 7 nitrogen and oxygen atoms in total. The molecule has 0 saturated carbocycles. The molecule has 1 aliphatic heterocycles. The molecule has 1 fully saturated rings. The maximum atomic E-state index is 12.3. The highest BCUT2D eigenvalue weighted by molar-refractivity contribution is 5.91. The number of rotatable bonds is 8. The van der Waals surface area contributed by atoms with Crippen LogP contribution >= 0.6 is 0 Å². The van der Waals surface area contributed by atoms with Gasteiger partial charge in [0, 0.05) is 23.9 Å². The number of benzene rings is 1. The number of piperidine rings is 1. The standard InChI is InChI=1S/C19H28N2O5/c1-4-26-19(23)14-6-5-8-21(13-14)9-7-18(22)20-15-10-16(24-2)12-17(11-15)25-3/h10-12,14H,4-9,13H2,1-3H3,(H,20,22)/p+1/t14-/m1/s1. The number of ether oxygens (including phenoxy) is 3. The molecular formula is C19H29N2O5+. The van der Waals surface area contributed by atoms with Crippen molar-refractivity contribution in [3.63, 3.8) is 0 Å². The molecule has 1 aromatic rings. The minimum atomic E-state index is -0.113. The van der Waals surface area contributed by atoms with E-state index in [2.05, 4.69) is 5.32 Å². The number of methoxy groups -OCH3 is 2. The summed E-state index contributed by atoms with van der Waals surface area (Å²) in [5.41, 5.74) is 0.643. The van der Waals surface area contributed by atoms with Crippen LogP contribution in [-0.4, -0.2) is 52.3 Å². The van der Waals surface area contributed by atoms with Gasteiger partial charge in [-0.1, -0.05) is 0 Å². The molecule has 1 saturated heterocycles. The van der Waals surface area contributed by atoms with Crippen LogP contribution in [0, 0.1) is 5.92 Å². The number of likely N-dealkylation sites (tertiary alicyclic amines) is 1. The number of amides is 1. The Hall–Kier alpha value is -2.28. The summed E-state index contributed by atoms with van der Waals surface area (Å²) < 4.78 is 15.5. The van der Waals surface area contributed by atoms with Gasteiger partial charge in [-0.05, 0) is 19.8 Å². The van der Waals surface area contributed by atoms with Gasteiger partial charge in [0.2, 0.25) is 5.91 Å². The summed E-state index contributed by atoms with van der Waals surface area (Å²) in [6.45, 7) is 4.65. The highest BCUT2D eigenvalue weighted by atomic mass is 16.5. The quantitative estimate of drug-likeness (QED) is 0.669. The summed E-state index contributed by atoms with van der Waals surface area (Å²) in [7, 11) is 3.14. The highest BCUT2D eigenvalue weighted by Crippen LogP contribution is 2.25. The largest absolute Gasteiger partial charge is 0.497 e. The fraction of sp³-hybridized carbons (Fsp3) is 0.579. The molecule has 0 aliphatic carbocycles. The van der Waals surface area contributed by atoms with E-state index in [4.69, 9.17) is 14.2 Å². The molecular weight excluding hydrogens is 336 g/mol. The van der Waals surface area contributed by atoms with Crippen molar-refractivity contribution in [2.45, 2.75) is 26.2 Å². The average molecular weight is 365 g/mol. The lowest BCUT2D eigenvalue weighted by atomic mass is 9.98. The first kappa shape index (κ1) is 20.0. The Kier molecular flexibility index (Phi) is 7.72. The zero-order valence-electron chi connectivity index (χ0n) is 15.8. The molecule has 1 amide bonds. The van der Waals surface area contributed by atoms with Crippen LogP contribution in [0.4, 0.5) is 5.69 Å². The smallest absolute Gasteiger partial charge is 0.314 e. The Balaban J connectivity index is 1.84. The van der Waals surface area contributed by atoms with Crippen LogP contribution in [0.3, 0.4) is 0 Å². The van der Waals surface area contributed by atoms with E-state index in [9.17, 15) is 9.59 Å². The number of anilines is 1. The van der Waals surface area contributed by atoms with Gasteiger partial charge in [0.05, 0.1) is 46.9 Å². The molecule has 2 atom stereocenters. The Bertz CT molecular complexity index is 598. The number of nitrogens with one attached hydrogen (secondary N) is 2. The Morgan fingerprint density at radius 1 is 1.19 bits per heavy atom. The van der Waals surface area contributed by atoms with E-state index >= 15 is 0 Å². The first-order valence-electron chi connectivity index (χ1n) is 9.08. The second-order valence-electron chi connectivity index (χ2n) is 6.44. The minimum Gasteiger partial charge on any atom is -0.497 e. The average Bonchev–Trinajstić information content (AvgIpc) is 2.66. The second kappa shape index (κ2) is 10.0. The van der Waals surface area contributed by atoms with Crippen LogP contribution in [0.1, 0.15) is 26.2 Å². The van der Waals surface area contributed by atoms with Gasteiger partial charge in [0.15, 0.2) is 0 Å². The second-order valence-corrected chi connectivity index (χ2v) is 6.44. The first-order chi connectivity index (χ1) is 12.5. The van der Waals surface area contributed by atoms with Gasteiger partial charge in [-0.15, -0.1) is 0 Å². The predicted molar refractivity (Wildman–Crippen MR) is 97.7 cm³/mol. The third kappa shape index (κ3) is 5.91. The Labute approximate surface area is 154 Å². The van der Waals surface area contributed by atoms with Gasteiger partial charge >= 0.3 is 5.97 Å². The molecule has 1 unspecified atom stereocenters. The molecule has 0 bridgehead atoms. The maximum Gasteiger partial charge on any atom is 0.314 e. The van der Waals surface area contributed by atoms with E-state index in [-0.39, 0.29) is 17.8 Å². The van der Waals surface area contributed by atoms with E-state index in [0.717, 1.165) is 25.9 Å². The molecule has 144 valence electrons. The SMILES string of the molecule is CCOC(=O)[C@@H]1CCC[NH+](CCC(=O)Nc2cc(OC)cc(OC)c2)C1. The van der Waals surface area contributed by atoms with E-state index in [1.165, 1.54) is 4.90 Å². The van der Waals surface area contributed by atoms with Crippen molar-refractivity contribution < 1.29 is 28.7 Å². The minimum absolute atomic E-state index is 0.0515. The summed E-state index contributed by atoms with van der Waals surface area (Å²) >= 11 is 0. The molecule has 7 heteroatoms. The molecule has 1 aliphatic rings. The van der Waals surface area contributed by atoms with E-state index in [1.54, 1.807) is 32.4 Å². The number of esters is 1. The van der Waals surface area contributed by atoms with Crippen molar-refractivity contribution in [1.29, 1.82) is 0 Å². The lowest BCUT2D eigenvalue weighted by Gasteiger charge is -2.28. The lowest BCUT2D eigenvalue weighted by Crippen LogP contribution is -3.13. The summed E-state index contributed by atoms with van der Waals surface area (Å²) in [5.74, 6) is 1.02. The maximum absolute atomic E-state index is 12.3. The van der Waals surface area contributed by atoms with Crippen LogP contribution < -0.4 is 19.7 Å². The van der Waals surface area contributed by atoms with Crippen LogP contribution in [0.5, 0.6) is 11.5 Å². The highest BCUT2D eigenvalue weighted by Gasteiger charge is 2.29. The first-order valence-corrected chi connectivity index (χ1v) is 9.08. The lowest BCUT2D eigenvalue weighted by molar-refractivity contribution is -0.906. The fourth-order valence-electron chi connectivity index (χ4n) is 3.23. The van der Waals surface area contributed by atoms with Crippen molar-refractivity contribution in [3.8, 4) is 11.5 Å². The van der Waals surface area contributed by atoms with Crippen LogP contribution in [0.25, 0.3) is 0 Å². The number of quaternary nitrogens is 1. The van der Waals surface area contributed by atoms with E-state index in [1.807, 2.05) is 6.92 Å². The number of hydrogen-bond acceptors (Lipinski definition) is 5. The Morgan fingerprint density at radius 2 is 1.88 bits per heavy atom. The molecule has 0 spiro atoms. The van der Waals surface area contributed by atoms with Gasteiger partial charge < -0.3 is 24.4 Å². The zero-order valence-corrected chi connectivity index (χ0v) is 15.8. The molecule has 2 rings (SSSR count). The summed E-state index contributed by atoms with van der Waals surface area (Å²) in [6.07, 6.45) is 2.25. The number of carbonyl (C=O) groups excluding carboxylic acids is 2. The molecule has 0 radical (unpaired) electrons. The summed E-state index contributed by atoms with van der Waals surface area (Å²) in [5, 5.41) is 2.88. The van der Waals surface area contributed by atoms with Crippen molar-refractivity contribution >= 4 is 17.6 Å². The van der Waals surface area contributed by atoms with Gasteiger partial charge in [0.25, 0.3) is 0 Å². The topological polar surface area (TPSA) is 78.3 Å². The third-order valence-electron chi connectivity index (χ3n) is 4.58. The van der Waals surface area contributed by atoms with E-state index in [0.29, 0.717) is 36.8 Å². The summed E-state index contributed by atoms with van der Waals surface area (Å²) in [6, 6.07) is 5.26. The molecule has 1 heterocycles. The fourth-order valence-corrected chi connectivity index (χ4v) is 3.23. The van der Waals surface area contributed by atoms with Crippen LogP contribution in [-0.2, 0) is 14.3 Å².